The minimum Gasteiger partial charge on any atom is -0.351 e. The van der Waals surface area contributed by atoms with Gasteiger partial charge in [0.15, 0.2) is 0 Å². The highest BCUT2D eigenvalue weighted by Gasteiger charge is 2.18. The van der Waals surface area contributed by atoms with E-state index in [0.717, 1.165) is 29.6 Å². The molecule has 136 valence electrons. The number of aromatic nitrogens is 2. The molecule has 3 rings (SSSR count). The first-order chi connectivity index (χ1) is 12.6. The van der Waals surface area contributed by atoms with E-state index >= 15 is 0 Å². The van der Waals surface area contributed by atoms with Crippen molar-refractivity contribution in [2.45, 2.75) is 39.4 Å². The van der Waals surface area contributed by atoms with Crippen molar-refractivity contribution in [1.29, 1.82) is 0 Å². The van der Waals surface area contributed by atoms with E-state index in [0.29, 0.717) is 6.54 Å². The molecule has 0 spiro atoms. The summed E-state index contributed by atoms with van der Waals surface area (Å²) in [5.74, 6) is 0.0932. The second-order valence-corrected chi connectivity index (χ2v) is 6.81. The molecule has 0 aliphatic rings. The molecule has 2 atom stereocenters. The minimum atomic E-state index is -0.450. The molecule has 5 heteroatoms. The molecular formula is C21H26N4O. The van der Waals surface area contributed by atoms with Crippen LogP contribution in [0.4, 0.5) is 0 Å². The van der Waals surface area contributed by atoms with Crippen LogP contribution in [0.2, 0.25) is 0 Å². The summed E-state index contributed by atoms with van der Waals surface area (Å²) in [4.78, 5) is 16.5. The summed E-state index contributed by atoms with van der Waals surface area (Å²) in [5, 5.41) is 2.92. The molecule has 0 aliphatic carbocycles. The van der Waals surface area contributed by atoms with Crippen LogP contribution in [0.5, 0.6) is 0 Å². The molecule has 0 saturated carbocycles. The first-order valence-electron chi connectivity index (χ1n) is 9.09. The summed E-state index contributed by atoms with van der Waals surface area (Å²) >= 11 is 0. The lowest BCUT2D eigenvalue weighted by molar-refractivity contribution is -0.123. The number of imidazole rings is 1. The fourth-order valence-corrected chi connectivity index (χ4v) is 2.91. The third-order valence-corrected chi connectivity index (χ3v) is 4.93. The van der Waals surface area contributed by atoms with Gasteiger partial charge < -0.3 is 15.6 Å². The van der Waals surface area contributed by atoms with Crippen molar-refractivity contribution in [3.63, 3.8) is 0 Å². The van der Waals surface area contributed by atoms with Crippen molar-refractivity contribution < 1.29 is 4.79 Å². The number of carbonyl (C=O) groups is 1. The van der Waals surface area contributed by atoms with E-state index in [-0.39, 0.29) is 11.8 Å². The molecule has 2 aromatic carbocycles. The third-order valence-electron chi connectivity index (χ3n) is 4.93. The lowest BCUT2D eigenvalue weighted by Crippen LogP contribution is -2.44. The Morgan fingerprint density at radius 3 is 2.58 bits per heavy atom. The van der Waals surface area contributed by atoms with Crippen molar-refractivity contribution >= 4 is 16.9 Å². The molecule has 1 heterocycles. The van der Waals surface area contributed by atoms with E-state index in [9.17, 15) is 4.79 Å². The predicted molar refractivity (Wildman–Crippen MR) is 105 cm³/mol. The van der Waals surface area contributed by atoms with Gasteiger partial charge in [-0.1, -0.05) is 56.7 Å². The maximum Gasteiger partial charge on any atom is 0.237 e. The molecule has 0 aliphatic heterocycles. The molecule has 0 radical (unpaired) electrons. The monoisotopic (exact) mass is 350 g/mol. The number of carbonyl (C=O) groups excluding carboxylic acids is 1. The highest BCUT2D eigenvalue weighted by molar-refractivity contribution is 5.81. The van der Waals surface area contributed by atoms with Crippen molar-refractivity contribution in [2.24, 2.45) is 11.7 Å². The van der Waals surface area contributed by atoms with Gasteiger partial charge in [-0.05, 0) is 29.2 Å². The molecule has 5 nitrogen and oxygen atoms in total. The maximum absolute atomic E-state index is 12.1. The van der Waals surface area contributed by atoms with Crippen LogP contribution in [0.1, 0.15) is 31.4 Å². The lowest BCUT2D eigenvalue weighted by Gasteiger charge is -2.17. The van der Waals surface area contributed by atoms with Crippen LogP contribution in [-0.4, -0.2) is 21.5 Å². The van der Waals surface area contributed by atoms with E-state index in [2.05, 4.69) is 33.1 Å². The summed E-state index contributed by atoms with van der Waals surface area (Å²) in [6, 6.07) is 15.9. The third kappa shape index (κ3) is 4.11. The van der Waals surface area contributed by atoms with Gasteiger partial charge >= 0.3 is 0 Å². The van der Waals surface area contributed by atoms with Crippen molar-refractivity contribution in [2.75, 3.05) is 0 Å². The van der Waals surface area contributed by atoms with Crippen molar-refractivity contribution in [1.82, 2.24) is 14.9 Å². The van der Waals surface area contributed by atoms with Crippen molar-refractivity contribution in [3.8, 4) is 0 Å². The highest BCUT2D eigenvalue weighted by Crippen LogP contribution is 2.14. The largest absolute Gasteiger partial charge is 0.351 e. The van der Waals surface area contributed by atoms with Crippen LogP contribution in [0, 0.1) is 5.92 Å². The number of nitrogens with zero attached hydrogens (tertiary/aromatic N) is 2. The Labute approximate surface area is 154 Å². The van der Waals surface area contributed by atoms with Gasteiger partial charge in [-0.15, -0.1) is 0 Å². The van der Waals surface area contributed by atoms with Gasteiger partial charge in [-0.25, -0.2) is 4.98 Å². The molecular weight excluding hydrogens is 324 g/mol. The Hall–Kier alpha value is -2.66. The molecule has 3 N–H and O–H groups in total. The van der Waals surface area contributed by atoms with E-state index in [1.807, 2.05) is 50.5 Å². The van der Waals surface area contributed by atoms with Gasteiger partial charge in [0.05, 0.1) is 23.4 Å². The molecule has 1 aromatic heterocycles. The molecule has 0 fully saturated rings. The number of hydrogen-bond acceptors (Lipinski definition) is 3. The summed E-state index contributed by atoms with van der Waals surface area (Å²) in [7, 11) is 0. The number of benzene rings is 2. The number of rotatable bonds is 7. The standard InChI is InChI=1S/C21H26N4O/c1-3-15(2)20(22)21(26)23-12-16-8-10-17(11-9-16)13-25-14-24-18-6-4-5-7-19(18)25/h4-11,14-15,20H,3,12-13,22H2,1-2H3,(H,23,26). The Bertz CT molecular complexity index is 869. The fraction of sp³-hybridized carbons (Fsp3) is 0.333. The first kappa shape index (κ1) is 18.1. The van der Waals surface area contributed by atoms with Crippen LogP contribution in [-0.2, 0) is 17.9 Å². The number of nitrogens with two attached hydrogens (primary N) is 1. The molecule has 26 heavy (non-hydrogen) atoms. The summed E-state index contributed by atoms with van der Waals surface area (Å²) in [6.45, 7) is 5.31. The van der Waals surface area contributed by atoms with Crippen LogP contribution in [0.15, 0.2) is 54.9 Å². The highest BCUT2D eigenvalue weighted by atomic mass is 16.2. The molecule has 3 aromatic rings. The normalized spacial score (nSPS) is 13.5. The SMILES string of the molecule is CCC(C)C(N)C(=O)NCc1ccc(Cn2cnc3ccccc32)cc1. The first-order valence-corrected chi connectivity index (χ1v) is 9.09. The van der Waals surface area contributed by atoms with Gasteiger partial charge in [0.2, 0.25) is 5.91 Å². The number of nitrogens with one attached hydrogen (secondary N) is 1. The number of fused-ring (bicyclic) bond motifs is 1. The Kier molecular flexibility index (Phi) is 5.68. The average Bonchev–Trinajstić information content (AvgIpc) is 3.09. The van der Waals surface area contributed by atoms with Crippen LogP contribution < -0.4 is 11.1 Å². The summed E-state index contributed by atoms with van der Waals surface area (Å²) in [5.41, 5.74) is 10.3. The lowest BCUT2D eigenvalue weighted by atomic mass is 9.99. The summed E-state index contributed by atoms with van der Waals surface area (Å²) < 4.78 is 2.14. The molecule has 0 saturated heterocycles. The minimum absolute atomic E-state index is 0.0895. The second kappa shape index (κ2) is 8.15. The molecule has 2 unspecified atom stereocenters. The van der Waals surface area contributed by atoms with Gasteiger partial charge in [0.1, 0.15) is 0 Å². The van der Waals surface area contributed by atoms with Crippen LogP contribution >= 0.6 is 0 Å². The van der Waals surface area contributed by atoms with E-state index in [1.165, 1.54) is 5.56 Å². The summed E-state index contributed by atoms with van der Waals surface area (Å²) in [6.07, 6.45) is 2.77. The number of hydrogen-bond donors (Lipinski definition) is 2. The number of amides is 1. The van der Waals surface area contributed by atoms with E-state index in [1.54, 1.807) is 0 Å². The molecule has 1 amide bonds. The Morgan fingerprint density at radius 2 is 1.85 bits per heavy atom. The zero-order valence-electron chi connectivity index (χ0n) is 15.4. The molecule has 0 bridgehead atoms. The fourth-order valence-electron chi connectivity index (χ4n) is 2.91. The Balaban J connectivity index is 1.59. The van der Waals surface area contributed by atoms with E-state index < -0.39 is 6.04 Å². The topological polar surface area (TPSA) is 72.9 Å². The zero-order valence-corrected chi connectivity index (χ0v) is 15.4. The van der Waals surface area contributed by atoms with Crippen LogP contribution in [0.3, 0.4) is 0 Å². The predicted octanol–water partition coefficient (Wildman–Crippen LogP) is 3.07. The smallest absolute Gasteiger partial charge is 0.237 e. The van der Waals surface area contributed by atoms with Gasteiger partial charge in [0, 0.05) is 13.1 Å². The van der Waals surface area contributed by atoms with Gasteiger partial charge in [-0.3, -0.25) is 4.79 Å². The quantitative estimate of drug-likeness (QED) is 0.688. The van der Waals surface area contributed by atoms with Gasteiger partial charge in [-0.2, -0.15) is 0 Å². The average molecular weight is 350 g/mol. The van der Waals surface area contributed by atoms with Crippen molar-refractivity contribution in [3.05, 3.63) is 66.0 Å². The van der Waals surface area contributed by atoms with E-state index in [4.69, 9.17) is 5.73 Å². The van der Waals surface area contributed by atoms with Gasteiger partial charge in [0.25, 0.3) is 0 Å². The maximum atomic E-state index is 12.1. The Morgan fingerprint density at radius 1 is 1.15 bits per heavy atom. The van der Waals surface area contributed by atoms with Crippen LogP contribution in [0.25, 0.3) is 11.0 Å². The zero-order chi connectivity index (χ0) is 18.5. The number of para-hydroxylation sites is 2. The second-order valence-electron chi connectivity index (χ2n) is 6.81.